The summed E-state index contributed by atoms with van der Waals surface area (Å²) in [5, 5.41) is 0. The van der Waals surface area contributed by atoms with E-state index in [2.05, 4.69) is 36.1 Å². The molecule has 0 radical (unpaired) electrons. The van der Waals surface area contributed by atoms with Crippen LogP contribution in [0.15, 0.2) is 24.3 Å². The van der Waals surface area contributed by atoms with Gasteiger partial charge in [-0.3, -0.25) is 0 Å². The van der Waals surface area contributed by atoms with Crippen molar-refractivity contribution in [3.8, 4) is 5.75 Å². The van der Waals surface area contributed by atoms with Crippen molar-refractivity contribution in [2.24, 2.45) is 0 Å². The Morgan fingerprint density at radius 2 is 0.795 bits per heavy atom. The maximum Gasteiger partial charge on any atom is 0.119 e. The Morgan fingerprint density at radius 3 is 1.20 bits per heavy atom. The number of rotatable bonds is 35. The lowest BCUT2D eigenvalue weighted by Crippen LogP contribution is -2.19. The van der Waals surface area contributed by atoms with Gasteiger partial charge in [0.15, 0.2) is 0 Å². The zero-order chi connectivity index (χ0) is 31.6. The van der Waals surface area contributed by atoms with Crippen LogP contribution in [-0.4, -0.2) is 138 Å². The van der Waals surface area contributed by atoms with Gasteiger partial charge in [0.05, 0.1) is 106 Å². The van der Waals surface area contributed by atoms with Gasteiger partial charge in [-0.05, 0) is 44.6 Å². The molecule has 0 aliphatic heterocycles. The van der Waals surface area contributed by atoms with Crippen LogP contribution in [0.25, 0.3) is 0 Å². The Kier molecular flexibility index (Phi) is 30.5. The third-order valence-corrected chi connectivity index (χ3v) is 6.53. The van der Waals surface area contributed by atoms with E-state index in [0.717, 1.165) is 25.3 Å². The quantitative estimate of drug-likeness (QED) is 0.0989. The van der Waals surface area contributed by atoms with Gasteiger partial charge < -0.3 is 47.5 Å². The van der Waals surface area contributed by atoms with Crippen molar-refractivity contribution in [2.75, 3.05) is 133 Å². The molecule has 0 fully saturated rings. The van der Waals surface area contributed by atoms with E-state index < -0.39 is 0 Å². The van der Waals surface area contributed by atoms with Gasteiger partial charge in [-0.15, -0.1) is 0 Å². The van der Waals surface area contributed by atoms with E-state index in [1.807, 2.05) is 14.1 Å². The van der Waals surface area contributed by atoms with E-state index in [1.165, 1.54) is 44.1 Å². The molecule has 0 aliphatic rings. The fourth-order valence-corrected chi connectivity index (χ4v) is 3.97. The summed E-state index contributed by atoms with van der Waals surface area (Å²) in [7, 11) is 4.05. The number of hydrogen-bond donors (Lipinski definition) is 0. The fourth-order valence-electron chi connectivity index (χ4n) is 3.97. The van der Waals surface area contributed by atoms with Crippen LogP contribution in [0.3, 0.4) is 0 Å². The topological polar surface area (TPSA) is 86.3 Å². The molecule has 10 heteroatoms. The Morgan fingerprint density at radius 1 is 0.432 bits per heavy atom. The largest absolute Gasteiger partial charge is 0.491 e. The first kappa shape index (κ1) is 40.7. The van der Waals surface area contributed by atoms with Crippen molar-refractivity contribution < 1.29 is 42.6 Å². The van der Waals surface area contributed by atoms with Gasteiger partial charge in [-0.25, -0.2) is 0 Å². The molecule has 0 bridgehead atoms. The van der Waals surface area contributed by atoms with Crippen LogP contribution in [0.2, 0.25) is 0 Å². The predicted octanol–water partition coefficient (Wildman–Crippen LogP) is 4.66. The van der Waals surface area contributed by atoms with Gasteiger partial charge in [0.2, 0.25) is 0 Å². The minimum Gasteiger partial charge on any atom is -0.491 e. The number of nitrogens with zero attached hydrogens (tertiary/aromatic N) is 1. The third-order valence-electron chi connectivity index (χ3n) is 6.53. The molecule has 1 aromatic rings. The second-order valence-corrected chi connectivity index (χ2v) is 10.7. The van der Waals surface area contributed by atoms with Gasteiger partial charge in [-0.1, -0.05) is 51.2 Å². The summed E-state index contributed by atoms with van der Waals surface area (Å²) in [6, 6.07) is 8.45. The van der Waals surface area contributed by atoms with Crippen molar-refractivity contribution >= 4 is 0 Å². The highest BCUT2D eigenvalue weighted by Gasteiger charge is 1.99. The molecular weight excluding hydrogens is 566 g/mol. The summed E-state index contributed by atoms with van der Waals surface area (Å²) in [6.07, 6.45) is 9.11. The average Bonchev–Trinajstić information content (AvgIpc) is 3.03. The third kappa shape index (κ3) is 29.4. The van der Waals surface area contributed by atoms with Crippen LogP contribution in [0, 0.1) is 0 Å². The van der Waals surface area contributed by atoms with Crippen LogP contribution < -0.4 is 4.74 Å². The number of likely N-dealkylation sites (N-methyl/N-ethyl adjacent to an activating group) is 1. The second-order valence-electron chi connectivity index (χ2n) is 10.7. The van der Waals surface area contributed by atoms with Crippen molar-refractivity contribution in [1.82, 2.24) is 4.90 Å². The molecule has 0 heterocycles. The minimum absolute atomic E-state index is 0.529. The molecule has 1 rings (SSSR count). The van der Waals surface area contributed by atoms with Crippen molar-refractivity contribution in [3.63, 3.8) is 0 Å². The molecule has 0 saturated carbocycles. The molecule has 0 aromatic heterocycles. The maximum atomic E-state index is 5.77. The van der Waals surface area contributed by atoms with Crippen LogP contribution in [0.4, 0.5) is 0 Å². The highest BCUT2D eigenvalue weighted by Crippen LogP contribution is 2.15. The first-order valence-corrected chi connectivity index (χ1v) is 16.7. The Hall–Kier alpha value is -1.34. The second kappa shape index (κ2) is 33.0. The minimum atomic E-state index is 0.529. The summed E-state index contributed by atoms with van der Waals surface area (Å²) < 4.78 is 49.8. The van der Waals surface area contributed by atoms with Gasteiger partial charge >= 0.3 is 0 Å². The van der Waals surface area contributed by atoms with E-state index in [0.29, 0.717) is 106 Å². The van der Waals surface area contributed by atoms with Crippen LogP contribution in [-0.2, 0) is 44.3 Å². The molecule has 44 heavy (non-hydrogen) atoms. The molecule has 0 amide bonds. The van der Waals surface area contributed by atoms with E-state index in [4.69, 9.17) is 42.6 Å². The lowest BCUT2D eigenvalue weighted by atomic mass is 10.0. The highest BCUT2D eigenvalue weighted by atomic mass is 16.6. The summed E-state index contributed by atoms with van der Waals surface area (Å²) in [6.45, 7) is 12.6. The summed E-state index contributed by atoms with van der Waals surface area (Å²) in [4.78, 5) is 2.09. The van der Waals surface area contributed by atoms with E-state index in [9.17, 15) is 0 Å². The number of unbranched alkanes of at least 4 members (excludes halogenated alkanes) is 5. The van der Waals surface area contributed by atoms with Crippen LogP contribution in [0.1, 0.15) is 51.0 Å². The number of hydrogen-bond acceptors (Lipinski definition) is 10. The summed E-state index contributed by atoms with van der Waals surface area (Å²) in [5.41, 5.74) is 1.38. The van der Waals surface area contributed by atoms with Gasteiger partial charge in [0, 0.05) is 6.54 Å². The Balaban J connectivity index is 1.72. The number of benzene rings is 1. The standard InChI is InChI=1S/C34H63NO9/c1-4-5-6-7-8-9-10-33-11-13-34(14-12-33)44-32-31-43-30-29-42-28-27-41-26-25-40-24-23-39-22-21-38-20-19-37-18-17-36-16-15-35(2)3/h11-14H,4-10,15-32H2,1-3H3. The van der Waals surface area contributed by atoms with Crippen molar-refractivity contribution in [1.29, 1.82) is 0 Å². The van der Waals surface area contributed by atoms with Gasteiger partial charge in [-0.2, -0.15) is 0 Å². The molecule has 0 unspecified atom stereocenters. The highest BCUT2D eigenvalue weighted by molar-refractivity contribution is 5.27. The Labute approximate surface area is 267 Å². The molecule has 0 atom stereocenters. The maximum absolute atomic E-state index is 5.77. The zero-order valence-corrected chi connectivity index (χ0v) is 28.1. The zero-order valence-electron chi connectivity index (χ0n) is 28.1. The molecule has 0 N–H and O–H groups in total. The molecule has 0 saturated heterocycles. The molecule has 258 valence electrons. The van der Waals surface area contributed by atoms with E-state index >= 15 is 0 Å². The summed E-state index contributed by atoms with van der Waals surface area (Å²) >= 11 is 0. The SMILES string of the molecule is CCCCCCCCc1ccc(OCCOCCOCCOCCOCCOCCOCCOCCOCCN(C)C)cc1. The summed E-state index contributed by atoms with van der Waals surface area (Å²) in [5.74, 6) is 0.890. The Bertz CT molecular complexity index is 694. The predicted molar refractivity (Wildman–Crippen MR) is 174 cm³/mol. The van der Waals surface area contributed by atoms with Crippen molar-refractivity contribution in [3.05, 3.63) is 29.8 Å². The lowest BCUT2D eigenvalue weighted by Gasteiger charge is -2.10. The average molecular weight is 630 g/mol. The smallest absolute Gasteiger partial charge is 0.119 e. The van der Waals surface area contributed by atoms with E-state index in [1.54, 1.807) is 0 Å². The normalized spacial score (nSPS) is 11.5. The lowest BCUT2D eigenvalue weighted by molar-refractivity contribution is -0.0238. The molecule has 0 spiro atoms. The van der Waals surface area contributed by atoms with Crippen LogP contribution in [0.5, 0.6) is 5.75 Å². The molecule has 10 nitrogen and oxygen atoms in total. The first-order valence-electron chi connectivity index (χ1n) is 16.7. The van der Waals surface area contributed by atoms with Crippen molar-refractivity contribution in [2.45, 2.75) is 51.9 Å². The molecular formula is C34H63NO9. The monoisotopic (exact) mass is 629 g/mol. The van der Waals surface area contributed by atoms with Gasteiger partial charge in [0.25, 0.3) is 0 Å². The molecule has 0 aliphatic carbocycles. The fraction of sp³-hybridized carbons (Fsp3) is 0.824. The van der Waals surface area contributed by atoms with Crippen LogP contribution >= 0.6 is 0 Å². The number of ether oxygens (including phenoxy) is 9. The van der Waals surface area contributed by atoms with Gasteiger partial charge in [0.1, 0.15) is 12.4 Å². The van der Waals surface area contributed by atoms with E-state index in [-0.39, 0.29) is 0 Å². The first-order chi connectivity index (χ1) is 21.7. The number of aryl methyl sites for hydroxylation is 1. The molecule has 1 aromatic carbocycles.